The molecule has 0 saturated carbocycles. The molecule has 0 fully saturated rings. The fourth-order valence-electron chi connectivity index (χ4n) is 2.13. The monoisotopic (exact) mass is 261 g/mol. The van der Waals surface area contributed by atoms with Gasteiger partial charge in [0.2, 0.25) is 0 Å². The Bertz CT molecular complexity index is 532. The third kappa shape index (κ3) is 3.86. The van der Waals surface area contributed by atoms with Gasteiger partial charge in [0.15, 0.2) is 0 Å². The lowest BCUT2D eigenvalue weighted by Crippen LogP contribution is -2.14. The van der Waals surface area contributed by atoms with E-state index in [1.54, 1.807) is 0 Å². The fraction of sp³-hybridized carbons (Fsp3) is 0.250. The molecule has 0 radical (unpaired) electrons. The third-order valence-electron chi connectivity index (χ3n) is 3.07. The number of rotatable bonds is 5. The first-order valence-electron chi connectivity index (χ1n) is 6.41. The van der Waals surface area contributed by atoms with Crippen LogP contribution in [0.1, 0.15) is 23.6 Å². The molecule has 2 aromatic carbocycles. The molecule has 2 rings (SSSR count). The largest absolute Gasteiger partial charge is 0.309 e. The SMILES string of the molecule is CCc1ccccc1CNCc1cc(F)cc(F)c1. The van der Waals surface area contributed by atoms with Gasteiger partial charge in [-0.05, 0) is 35.2 Å². The van der Waals surface area contributed by atoms with E-state index >= 15 is 0 Å². The molecule has 0 heterocycles. The van der Waals surface area contributed by atoms with Gasteiger partial charge in [0.1, 0.15) is 11.6 Å². The molecular formula is C16H17F2N. The van der Waals surface area contributed by atoms with Gasteiger partial charge < -0.3 is 5.32 Å². The Morgan fingerprint density at radius 2 is 1.53 bits per heavy atom. The molecule has 0 unspecified atom stereocenters. The predicted molar refractivity (Wildman–Crippen MR) is 72.7 cm³/mol. The van der Waals surface area contributed by atoms with Crippen molar-refractivity contribution >= 4 is 0 Å². The topological polar surface area (TPSA) is 12.0 Å². The van der Waals surface area contributed by atoms with Crippen LogP contribution in [0.4, 0.5) is 8.78 Å². The summed E-state index contributed by atoms with van der Waals surface area (Å²) in [4.78, 5) is 0. The maximum absolute atomic E-state index is 13.0. The number of nitrogens with one attached hydrogen (secondary N) is 1. The van der Waals surface area contributed by atoms with E-state index in [0.717, 1.165) is 12.5 Å². The van der Waals surface area contributed by atoms with Crippen molar-refractivity contribution in [3.05, 3.63) is 70.8 Å². The number of benzene rings is 2. The number of hydrogen-bond donors (Lipinski definition) is 1. The lowest BCUT2D eigenvalue weighted by atomic mass is 10.1. The van der Waals surface area contributed by atoms with Crippen LogP contribution in [0.3, 0.4) is 0 Å². The van der Waals surface area contributed by atoms with E-state index in [9.17, 15) is 8.78 Å². The molecule has 2 aromatic rings. The van der Waals surface area contributed by atoms with Gasteiger partial charge in [-0.2, -0.15) is 0 Å². The van der Waals surface area contributed by atoms with Crippen LogP contribution in [0.25, 0.3) is 0 Å². The quantitative estimate of drug-likeness (QED) is 0.862. The molecule has 0 atom stereocenters. The average Bonchev–Trinajstić information content (AvgIpc) is 2.38. The van der Waals surface area contributed by atoms with Crippen LogP contribution < -0.4 is 5.32 Å². The molecule has 0 amide bonds. The first kappa shape index (κ1) is 13.7. The highest BCUT2D eigenvalue weighted by Crippen LogP contribution is 2.11. The zero-order valence-electron chi connectivity index (χ0n) is 10.9. The van der Waals surface area contributed by atoms with Crippen molar-refractivity contribution in [3.8, 4) is 0 Å². The zero-order chi connectivity index (χ0) is 13.7. The maximum atomic E-state index is 13.0. The summed E-state index contributed by atoms with van der Waals surface area (Å²) in [6, 6.07) is 11.8. The van der Waals surface area contributed by atoms with Gasteiger partial charge in [-0.1, -0.05) is 31.2 Å². The van der Waals surface area contributed by atoms with Crippen LogP contribution in [0.2, 0.25) is 0 Å². The Morgan fingerprint density at radius 3 is 2.16 bits per heavy atom. The van der Waals surface area contributed by atoms with Gasteiger partial charge in [-0.15, -0.1) is 0 Å². The van der Waals surface area contributed by atoms with E-state index in [0.29, 0.717) is 18.7 Å². The van der Waals surface area contributed by atoms with Gasteiger partial charge in [0.05, 0.1) is 0 Å². The van der Waals surface area contributed by atoms with Gasteiger partial charge in [0.25, 0.3) is 0 Å². The predicted octanol–water partition coefficient (Wildman–Crippen LogP) is 3.82. The van der Waals surface area contributed by atoms with Crippen molar-refractivity contribution in [1.29, 1.82) is 0 Å². The summed E-state index contributed by atoms with van der Waals surface area (Å²) in [6.45, 7) is 3.26. The van der Waals surface area contributed by atoms with Crippen molar-refractivity contribution in [2.45, 2.75) is 26.4 Å². The minimum atomic E-state index is -0.536. The van der Waals surface area contributed by atoms with E-state index in [4.69, 9.17) is 0 Å². The molecule has 3 heteroatoms. The van der Waals surface area contributed by atoms with Gasteiger partial charge in [-0.25, -0.2) is 8.78 Å². The molecule has 100 valence electrons. The van der Waals surface area contributed by atoms with Crippen LogP contribution in [0, 0.1) is 11.6 Å². The number of hydrogen-bond acceptors (Lipinski definition) is 1. The highest BCUT2D eigenvalue weighted by Gasteiger charge is 2.02. The molecule has 1 nitrogen and oxygen atoms in total. The van der Waals surface area contributed by atoms with Gasteiger partial charge >= 0.3 is 0 Å². The zero-order valence-corrected chi connectivity index (χ0v) is 10.9. The third-order valence-corrected chi connectivity index (χ3v) is 3.07. The van der Waals surface area contributed by atoms with E-state index < -0.39 is 11.6 Å². The molecular weight excluding hydrogens is 244 g/mol. The summed E-state index contributed by atoms with van der Waals surface area (Å²) < 4.78 is 26.1. The van der Waals surface area contributed by atoms with Crippen LogP contribution in [-0.2, 0) is 19.5 Å². The minimum absolute atomic E-state index is 0.451. The van der Waals surface area contributed by atoms with Gasteiger partial charge in [0, 0.05) is 19.2 Å². The van der Waals surface area contributed by atoms with Crippen molar-refractivity contribution in [1.82, 2.24) is 5.32 Å². The minimum Gasteiger partial charge on any atom is -0.309 e. The summed E-state index contributed by atoms with van der Waals surface area (Å²) in [5, 5.41) is 3.21. The Labute approximate surface area is 112 Å². The normalized spacial score (nSPS) is 10.7. The molecule has 0 saturated heterocycles. The van der Waals surface area contributed by atoms with Gasteiger partial charge in [-0.3, -0.25) is 0 Å². The van der Waals surface area contributed by atoms with Crippen LogP contribution in [-0.4, -0.2) is 0 Å². The van der Waals surface area contributed by atoms with Crippen molar-refractivity contribution in [3.63, 3.8) is 0 Å². The Balaban J connectivity index is 1.96. The first-order valence-corrected chi connectivity index (χ1v) is 6.41. The van der Waals surface area contributed by atoms with E-state index in [1.807, 2.05) is 12.1 Å². The molecule has 0 aromatic heterocycles. The first-order chi connectivity index (χ1) is 9.19. The van der Waals surface area contributed by atoms with Crippen LogP contribution in [0.15, 0.2) is 42.5 Å². The van der Waals surface area contributed by atoms with Crippen molar-refractivity contribution < 1.29 is 8.78 Å². The lowest BCUT2D eigenvalue weighted by Gasteiger charge is -2.09. The molecule has 0 aliphatic carbocycles. The summed E-state index contributed by atoms with van der Waals surface area (Å²) in [5.74, 6) is -1.07. The summed E-state index contributed by atoms with van der Waals surface area (Å²) in [5.41, 5.74) is 3.13. The Hall–Kier alpha value is -1.74. The van der Waals surface area contributed by atoms with E-state index in [-0.39, 0.29) is 0 Å². The summed E-state index contributed by atoms with van der Waals surface area (Å²) in [7, 11) is 0. The summed E-state index contributed by atoms with van der Waals surface area (Å²) >= 11 is 0. The highest BCUT2D eigenvalue weighted by atomic mass is 19.1. The molecule has 0 spiro atoms. The molecule has 19 heavy (non-hydrogen) atoms. The second-order valence-corrected chi connectivity index (χ2v) is 4.50. The van der Waals surface area contributed by atoms with Crippen LogP contribution >= 0.6 is 0 Å². The van der Waals surface area contributed by atoms with Crippen molar-refractivity contribution in [2.24, 2.45) is 0 Å². The second-order valence-electron chi connectivity index (χ2n) is 4.50. The number of aryl methyl sites for hydroxylation is 1. The fourth-order valence-corrected chi connectivity index (χ4v) is 2.13. The molecule has 0 aliphatic heterocycles. The lowest BCUT2D eigenvalue weighted by molar-refractivity contribution is 0.575. The molecule has 0 bridgehead atoms. The number of halogens is 2. The Kier molecular flexibility index (Phi) is 4.63. The van der Waals surface area contributed by atoms with Crippen LogP contribution in [0.5, 0.6) is 0 Å². The summed E-state index contributed by atoms with van der Waals surface area (Å²) in [6.07, 6.45) is 0.979. The molecule has 0 aliphatic rings. The average molecular weight is 261 g/mol. The standard InChI is InChI=1S/C16H17F2N/c1-2-13-5-3-4-6-14(13)11-19-10-12-7-15(17)9-16(18)8-12/h3-9,19H,2,10-11H2,1H3. The maximum Gasteiger partial charge on any atom is 0.126 e. The van der Waals surface area contributed by atoms with E-state index in [1.165, 1.54) is 23.3 Å². The van der Waals surface area contributed by atoms with Crippen molar-refractivity contribution in [2.75, 3.05) is 0 Å². The smallest absolute Gasteiger partial charge is 0.126 e. The highest BCUT2D eigenvalue weighted by molar-refractivity contribution is 5.27. The second kappa shape index (κ2) is 6.43. The Morgan fingerprint density at radius 1 is 0.895 bits per heavy atom. The molecule has 1 N–H and O–H groups in total. The van der Waals surface area contributed by atoms with E-state index in [2.05, 4.69) is 24.4 Å².